The maximum absolute atomic E-state index is 13.4. The van der Waals surface area contributed by atoms with Crippen molar-refractivity contribution in [1.82, 2.24) is 5.32 Å². The predicted octanol–water partition coefficient (Wildman–Crippen LogP) is 5.68. The summed E-state index contributed by atoms with van der Waals surface area (Å²) in [5.74, 6) is -2.47. The number of nitrogens with one attached hydrogen (secondary N) is 2. The molecule has 0 bridgehead atoms. The van der Waals surface area contributed by atoms with Crippen molar-refractivity contribution in [3.63, 3.8) is 0 Å². The number of benzene rings is 2. The molecular weight excluding hydrogens is 581 g/mol. The molecule has 0 radical (unpaired) electrons. The highest BCUT2D eigenvalue weighted by atomic mass is 35.5. The van der Waals surface area contributed by atoms with Crippen LogP contribution < -0.4 is 15.5 Å². The first-order valence-corrected chi connectivity index (χ1v) is 12.9. The predicted molar refractivity (Wildman–Crippen MR) is 152 cm³/mol. The summed E-state index contributed by atoms with van der Waals surface area (Å²) >= 11 is 18.1. The van der Waals surface area contributed by atoms with Crippen LogP contribution in [0.3, 0.4) is 0 Å². The molecule has 40 heavy (non-hydrogen) atoms. The molecule has 3 aromatic rings. The fourth-order valence-corrected chi connectivity index (χ4v) is 4.68. The summed E-state index contributed by atoms with van der Waals surface area (Å²) in [6.07, 6.45) is 1.41. The van der Waals surface area contributed by atoms with Gasteiger partial charge in [0.1, 0.15) is 11.5 Å². The van der Waals surface area contributed by atoms with Crippen molar-refractivity contribution in [1.29, 1.82) is 0 Å². The molecular formula is C28H22Cl3N3O6. The summed E-state index contributed by atoms with van der Waals surface area (Å²) in [4.78, 5) is 51.9. The van der Waals surface area contributed by atoms with E-state index in [9.17, 15) is 19.2 Å². The molecule has 3 amide bonds. The monoisotopic (exact) mass is 601 g/mol. The molecule has 2 aromatic carbocycles. The number of nitrogens with zero attached hydrogens (tertiary/aromatic N) is 1. The number of ether oxygens (including phenoxy) is 1. The number of allylic oxidation sites excluding steroid dienone is 1. The van der Waals surface area contributed by atoms with Gasteiger partial charge in [-0.2, -0.15) is 0 Å². The Bertz CT molecular complexity index is 1590. The third kappa shape index (κ3) is 6.22. The first-order chi connectivity index (χ1) is 19.0. The van der Waals surface area contributed by atoms with E-state index in [0.29, 0.717) is 32.2 Å². The summed E-state index contributed by atoms with van der Waals surface area (Å²) in [5.41, 5.74) is 2.10. The molecule has 1 aliphatic heterocycles. The number of methoxy groups -OCH3 is 1. The number of hydrogen-bond acceptors (Lipinski definition) is 6. The van der Waals surface area contributed by atoms with Gasteiger partial charge in [-0.05, 0) is 68.0 Å². The van der Waals surface area contributed by atoms with Crippen LogP contribution in [0, 0.1) is 6.92 Å². The molecule has 0 spiro atoms. The number of esters is 1. The van der Waals surface area contributed by atoms with Gasteiger partial charge in [-0.1, -0.05) is 40.9 Å². The van der Waals surface area contributed by atoms with Gasteiger partial charge in [-0.3, -0.25) is 19.3 Å². The third-order valence-corrected chi connectivity index (χ3v) is 6.77. The molecule has 206 valence electrons. The van der Waals surface area contributed by atoms with Crippen molar-refractivity contribution in [2.24, 2.45) is 0 Å². The van der Waals surface area contributed by atoms with E-state index in [1.165, 1.54) is 36.3 Å². The first-order valence-electron chi connectivity index (χ1n) is 11.7. The van der Waals surface area contributed by atoms with Crippen molar-refractivity contribution in [3.8, 4) is 0 Å². The van der Waals surface area contributed by atoms with E-state index in [4.69, 9.17) is 44.0 Å². The average molecular weight is 603 g/mol. The van der Waals surface area contributed by atoms with Gasteiger partial charge in [0.05, 0.1) is 30.5 Å². The Hall–Kier alpha value is -4.05. The quantitative estimate of drug-likeness (QED) is 0.213. The van der Waals surface area contributed by atoms with Crippen LogP contribution >= 0.6 is 34.8 Å². The average Bonchev–Trinajstić information content (AvgIpc) is 3.44. The summed E-state index contributed by atoms with van der Waals surface area (Å²) in [6.45, 7) is 3.35. The van der Waals surface area contributed by atoms with Crippen LogP contribution in [0.4, 0.5) is 11.4 Å². The van der Waals surface area contributed by atoms with Crippen LogP contribution in [0.25, 0.3) is 6.08 Å². The van der Waals surface area contributed by atoms with Crippen molar-refractivity contribution in [3.05, 3.63) is 97.5 Å². The molecule has 0 fully saturated rings. The van der Waals surface area contributed by atoms with Gasteiger partial charge in [0.2, 0.25) is 0 Å². The van der Waals surface area contributed by atoms with E-state index in [2.05, 4.69) is 10.6 Å². The first kappa shape index (κ1) is 28.9. The largest absolute Gasteiger partial charge is 0.465 e. The minimum Gasteiger partial charge on any atom is -0.465 e. The van der Waals surface area contributed by atoms with Crippen molar-refractivity contribution in [2.45, 2.75) is 20.4 Å². The van der Waals surface area contributed by atoms with Crippen LogP contribution in [0.15, 0.2) is 69.8 Å². The molecule has 0 saturated heterocycles. The zero-order valence-electron chi connectivity index (χ0n) is 21.4. The van der Waals surface area contributed by atoms with Gasteiger partial charge in [-0.15, -0.1) is 0 Å². The van der Waals surface area contributed by atoms with Gasteiger partial charge in [0, 0.05) is 26.5 Å². The van der Waals surface area contributed by atoms with Crippen LogP contribution in [-0.4, -0.2) is 30.8 Å². The van der Waals surface area contributed by atoms with Crippen LogP contribution in [-0.2, 0) is 30.5 Å². The number of hydrogen-bond donors (Lipinski definition) is 2. The van der Waals surface area contributed by atoms with Gasteiger partial charge in [0.25, 0.3) is 5.91 Å². The summed E-state index contributed by atoms with van der Waals surface area (Å²) < 4.78 is 10.6. The highest BCUT2D eigenvalue weighted by molar-refractivity contribution is 6.40. The normalized spacial score (nSPS) is 14.1. The van der Waals surface area contributed by atoms with E-state index in [1.54, 1.807) is 37.3 Å². The molecule has 1 aromatic heterocycles. The number of anilines is 2. The van der Waals surface area contributed by atoms with E-state index in [-0.39, 0.29) is 29.1 Å². The molecule has 0 unspecified atom stereocenters. The highest BCUT2D eigenvalue weighted by Gasteiger charge is 2.38. The lowest BCUT2D eigenvalue weighted by Gasteiger charge is -2.18. The number of aryl methyl sites for hydroxylation is 1. The molecule has 0 saturated carbocycles. The topological polar surface area (TPSA) is 118 Å². The molecule has 0 aliphatic carbocycles. The van der Waals surface area contributed by atoms with Crippen molar-refractivity contribution >= 4 is 75.9 Å². The number of halogens is 3. The second kappa shape index (κ2) is 12.0. The number of carbonyl (C=O) groups is 4. The molecule has 0 atom stereocenters. The van der Waals surface area contributed by atoms with E-state index < -0.39 is 23.7 Å². The second-order valence-corrected chi connectivity index (χ2v) is 9.96. The van der Waals surface area contributed by atoms with Crippen LogP contribution in [0.1, 0.15) is 24.0 Å². The molecule has 2 heterocycles. The van der Waals surface area contributed by atoms with E-state index >= 15 is 0 Å². The minimum atomic E-state index is -0.927. The fourth-order valence-electron chi connectivity index (χ4n) is 3.98. The van der Waals surface area contributed by atoms with E-state index in [0.717, 1.165) is 5.56 Å². The Morgan fingerprint density at radius 2 is 1.68 bits per heavy atom. The summed E-state index contributed by atoms with van der Waals surface area (Å²) in [6, 6.07) is 12.6. The van der Waals surface area contributed by atoms with Gasteiger partial charge >= 0.3 is 17.8 Å². The van der Waals surface area contributed by atoms with Gasteiger partial charge < -0.3 is 19.8 Å². The zero-order valence-corrected chi connectivity index (χ0v) is 23.7. The van der Waals surface area contributed by atoms with Crippen LogP contribution in [0.5, 0.6) is 0 Å². The van der Waals surface area contributed by atoms with Crippen LogP contribution in [0.2, 0.25) is 15.1 Å². The summed E-state index contributed by atoms with van der Waals surface area (Å²) in [5, 5.41) is 5.92. The van der Waals surface area contributed by atoms with Crippen molar-refractivity contribution in [2.75, 3.05) is 17.3 Å². The molecule has 12 heteroatoms. The van der Waals surface area contributed by atoms with Crippen molar-refractivity contribution < 1.29 is 28.3 Å². The molecule has 9 nitrogen and oxygen atoms in total. The number of amides is 3. The Morgan fingerprint density at radius 3 is 2.33 bits per heavy atom. The lowest BCUT2D eigenvalue weighted by molar-refractivity contribution is -0.136. The third-order valence-electron chi connectivity index (χ3n) is 5.92. The Labute approximate surface area is 244 Å². The Kier molecular flexibility index (Phi) is 8.68. The molecule has 4 rings (SSSR count). The smallest absolute Gasteiger partial charge is 0.340 e. The standard InChI is InChI=1S/C28H22Cl3N3O6/c1-14-4-5-19(11-23(14)31)34-15(2)24(28(38)39-3)22(27(34)37)12-20-6-7-21(40-20)13-32-25(35)26(36)33-18-9-16(29)8-17(30)10-18/h4-12H,13H2,1-3H3,(H,32,35)(H,33,36)/b22-12+. The van der Waals surface area contributed by atoms with Gasteiger partial charge in [0.15, 0.2) is 0 Å². The maximum atomic E-state index is 13.4. The maximum Gasteiger partial charge on any atom is 0.340 e. The summed E-state index contributed by atoms with van der Waals surface area (Å²) in [7, 11) is 1.22. The Balaban J connectivity index is 1.50. The fraction of sp³-hybridized carbons (Fsp3) is 0.143. The number of carbonyl (C=O) groups excluding carboxylic acids is 4. The molecule has 1 aliphatic rings. The zero-order chi connectivity index (χ0) is 29.1. The number of rotatable bonds is 6. The minimum absolute atomic E-state index is 0.0607. The van der Waals surface area contributed by atoms with E-state index in [1.807, 2.05) is 6.92 Å². The highest BCUT2D eigenvalue weighted by Crippen LogP contribution is 2.37. The molecule has 2 N–H and O–H groups in total. The number of furan rings is 1. The lowest BCUT2D eigenvalue weighted by atomic mass is 10.1. The van der Waals surface area contributed by atoms with Gasteiger partial charge in [-0.25, -0.2) is 4.79 Å². The Morgan fingerprint density at radius 1 is 0.975 bits per heavy atom. The second-order valence-electron chi connectivity index (χ2n) is 8.68. The lowest BCUT2D eigenvalue weighted by Crippen LogP contribution is -2.34. The SMILES string of the molecule is COC(=O)C1=C(C)N(c2ccc(C)c(Cl)c2)C(=O)/C1=C/c1ccc(CNC(=O)C(=O)Nc2cc(Cl)cc(Cl)c2)o1.